The second kappa shape index (κ2) is 9.26. The van der Waals surface area contributed by atoms with Crippen LogP contribution in [0.5, 0.6) is 0 Å². The summed E-state index contributed by atoms with van der Waals surface area (Å²) in [7, 11) is 3.10. The summed E-state index contributed by atoms with van der Waals surface area (Å²) in [6, 6.07) is 0. The van der Waals surface area contributed by atoms with Gasteiger partial charge < -0.3 is 4.74 Å². The number of ether oxygens (including phenoxy) is 1. The Labute approximate surface area is 63.6 Å². The van der Waals surface area contributed by atoms with Crippen LogP contribution in [-0.4, -0.2) is 6.61 Å². The topological polar surface area (TPSA) is 9.23 Å². The molecule has 0 radical (unpaired) electrons. The molecule has 0 aromatic rings. The minimum absolute atomic E-state index is 0. The van der Waals surface area contributed by atoms with Gasteiger partial charge >= 0.3 is 32.7 Å². The zero-order chi connectivity index (χ0) is 4.12. The van der Waals surface area contributed by atoms with Crippen molar-refractivity contribution in [1.29, 1.82) is 0 Å². The fourth-order valence-corrected chi connectivity index (χ4v) is 0.0833. The summed E-state index contributed by atoms with van der Waals surface area (Å²) in [6.45, 7) is 3.93. The van der Waals surface area contributed by atoms with Crippen LogP contribution >= 0.6 is 0 Å². The Hall–Kier alpha value is 0.804. The van der Waals surface area contributed by atoms with Gasteiger partial charge in [0.25, 0.3) is 0 Å². The van der Waals surface area contributed by atoms with Gasteiger partial charge in [-0.3, -0.25) is 0 Å². The zero-order valence-electron chi connectivity index (χ0n) is 3.68. The van der Waals surface area contributed by atoms with E-state index in [0.29, 0.717) is 6.61 Å². The van der Waals surface area contributed by atoms with Gasteiger partial charge in [0, 0.05) is 6.61 Å². The van der Waals surface area contributed by atoms with Gasteiger partial charge in [-0.25, -0.2) is 7.11 Å². The first-order valence-corrected chi connectivity index (χ1v) is 1.39. The molecule has 0 saturated carbocycles. The first kappa shape index (κ1) is 9.93. The Bertz CT molecular complexity index is 28.7. The molecule has 6 heavy (non-hydrogen) atoms. The third-order valence-electron chi connectivity index (χ3n) is 0.236. The van der Waals surface area contributed by atoms with E-state index in [1.807, 2.05) is 0 Å². The molecular formula is C4H7OY+2. The SMILES string of the molecule is C=CCO[CH2-].[Y+3]. The fraction of sp³-hybridized carbons (Fsp3) is 0.250. The van der Waals surface area contributed by atoms with Crippen molar-refractivity contribution < 1.29 is 37.4 Å². The van der Waals surface area contributed by atoms with Gasteiger partial charge in [0.2, 0.25) is 0 Å². The second-order valence-electron chi connectivity index (χ2n) is 0.659. The fourth-order valence-electron chi connectivity index (χ4n) is 0.0833. The van der Waals surface area contributed by atoms with E-state index in [4.69, 9.17) is 0 Å². The van der Waals surface area contributed by atoms with Crippen LogP contribution in [0.3, 0.4) is 0 Å². The van der Waals surface area contributed by atoms with Crippen LogP contribution in [0.25, 0.3) is 0 Å². The van der Waals surface area contributed by atoms with E-state index in [0.717, 1.165) is 0 Å². The summed E-state index contributed by atoms with van der Waals surface area (Å²) in [5, 5.41) is 0. The van der Waals surface area contributed by atoms with Gasteiger partial charge in [-0.2, -0.15) is 0 Å². The normalized spacial score (nSPS) is 6.17. The molecule has 0 bridgehead atoms. The molecule has 0 amide bonds. The number of hydrogen-bond donors (Lipinski definition) is 0. The molecular weight excluding hydrogens is 153 g/mol. The van der Waals surface area contributed by atoms with Crippen LogP contribution in [0.1, 0.15) is 0 Å². The average Bonchev–Trinajstić information content (AvgIpc) is 1.41. The molecule has 0 unspecified atom stereocenters. The van der Waals surface area contributed by atoms with Gasteiger partial charge in [-0.1, -0.05) is 6.08 Å². The van der Waals surface area contributed by atoms with E-state index in [1.165, 1.54) is 0 Å². The molecule has 0 N–H and O–H groups in total. The van der Waals surface area contributed by atoms with E-state index in [2.05, 4.69) is 18.4 Å². The smallest absolute Gasteiger partial charge is 0.552 e. The standard InChI is InChI=1S/C4H7O.Y/c1-3-4-5-2;/h3H,1-2,4H2;/q-1;+3. The number of rotatable bonds is 2. The largest absolute Gasteiger partial charge is 3.00 e. The van der Waals surface area contributed by atoms with Crippen LogP contribution < -0.4 is 0 Å². The molecule has 0 saturated heterocycles. The monoisotopic (exact) mass is 160 g/mol. The van der Waals surface area contributed by atoms with Crippen molar-refractivity contribution in [2.45, 2.75) is 0 Å². The Morgan fingerprint density at radius 2 is 2.33 bits per heavy atom. The quantitative estimate of drug-likeness (QED) is 0.432. The molecule has 2 heteroatoms. The zero-order valence-corrected chi connectivity index (χ0v) is 6.52. The predicted octanol–water partition coefficient (Wildman–Crippen LogP) is 0.978. The molecule has 0 aromatic carbocycles. The number of hydrogen-bond acceptors (Lipinski definition) is 1. The molecule has 0 aromatic heterocycles. The first-order valence-electron chi connectivity index (χ1n) is 1.39. The maximum atomic E-state index is 4.32. The minimum atomic E-state index is 0. The van der Waals surface area contributed by atoms with E-state index >= 15 is 0 Å². The molecule has 0 rings (SSSR count). The Kier molecular flexibility index (Phi) is 15.3. The summed E-state index contributed by atoms with van der Waals surface area (Å²) in [4.78, 5) is 0. The van der Waals surface area contributed by atoms with Gasteiger partial charge in [-0.15, -0.1) is 6.58 Å². The maximum absolute atomic E-state index is 4.32. The molecule has 0 aliphatic heterocycles. The summed E-state index contributed by atoms with van der Waals surface area (Å²) in [5.41, 5.74) is 0. The van der Waals surface area contributed by atoms with E-state index in [-0.39, 0.29) is 32.7 Å². The molecule has 0 fully saturated rings. The molecule has 0 spiro atoms. The third kappa shape index (κ3) is 8.84. The molecule has 30 valence electrons. The van der Waals surface area contributed by atoms with E-state index in [1.54, 1.807) is 6.08 Å². The van der Waals surface area contributed by atoms with Gasteiger partial charge in [0.1, 0.15) is 0 Å². The van der Waals surface area contributed by atoms with Crippen LogP contribution in [0.15, 0.2) is 12.7 Å². The second-order valence-corrected chi connectivity index (χ2v) is 0.659. The van der Waals surface area contributed by atoms with Crippen molar-refractivity contribution in [3.63, 3.8) is 0 Å². The molecule has 0 heterocycles. The molecule has 0 aliphatic carbocycles. The minimum Gasteiger partial charge on any atom is -0.552 e. The predicted molar refractivity (Wildman–Crippen MR) is 21.5 cm³/mol. The summed E-state index contributed by atoms with van der Waals surface area (Å²) >= 11 is 0. The van der Waals surface area contributed by atoms with E-state index in [9.17, 15) is 0 Å². The van der Waals surface area contributed by atoms with Crippen LogP contribution in [0, 0.1) is 7.11 Å². The Balaban J connectivity index is 0. The van der Waals surface area contributed by atoms with Crippen molar-refractivity contribution in [2.24, 2.45) is 0 Å². The van der Waals surface area contributed by atoms with Crippen molar-refractivity contribution in [3.05, 3.63) is 19.8 Å². The van der Waals surface area contributed by atoms with Gasteiger partial charge in [0.05, 0.1) is 0 Å². The Morgan fingerprint density at radius 3 is 2.33 bits per heavy atom. The van der Waals surface area contributed by atoms with Crippen molar-refractivity contribution in [3.8, 4) is 0 Å². The van der Waals surface area contributed by atoms with Gasteiger partial charge in [-0.05, 0) is 0 Å². The van der Waals surface area contributed by atoms with Crippen molar-refractivity contribution >= 4 is 0 Å². The van der Waals surface area contributed by atoms with E-state index < -0.39 is 0 Å². The first-order chi connectivity index (χ1) is 2.41. The average molecular weight is 160 g/mol. The summed E-state index contributed by atoms with van der Waals surface area (Å²) in [5.74, 6) is 0. The van der Waals surface area contributed by atoms with Crippen LogP contribution in [0.4, 0.5) is 0 Å². The summed E-state index contributed by atoms with van der Waals surface area (Å²) in [6.07, 6.45) is 1.65. The third-order valence-corrected chi connectivity index (χ3v) is 0.236. The van der Waals surface area contributed by atoms with Crippen molar-refractivity contribution in [1.82, 2.24) is 0 Å². The van der Waals surface area contributed by atoms with Crippen LogP contribution in [0.2, 0.25) is 0 Å². The van der Waals surface area contributed by atoms with Gasteiger partial charge in [0.15, 0.2) is 0 Å². The molecule has 0 atom stereocenters. The Morgan fingerprint density at radius 1 is 1.83 bits per heavy atom. The molecule has 0 aliphatic rings. The summed E-state index contributed by atoms with van der Waals surface area (Å²) < 4.78 is 4.32. The molecule has 1 nitrogen and oxygen atoms in total. The van der Waals surface area contributed by atoms with Crippen LogP contribution in [-0.2, 0) is 37.4 Å². The maximum Gasteiger partial charge on any atom is 3.00 e. The van der Waals surface area contributed by atoms with Crippen molar-refractivity contribution in [2.75, 3.05) is 6.61 Å².